The van der Waals surface area contributed by atoms with Crippen molar-refractivity contribution in [3.8, 4) is 0 Å². The van der Waals surface area contributed by atoms with Gasteiger partial charge in [-0.1, -0.05) is 34.6 Å². The quantitative estimate of drug-likeness (QED) is 0.663. The lowest BCUT2D eigenvalue weighted by molar-refractivity contribution is 0.457. The first-order valence-electron chi connectivity index (χ1n) is 6.24. The van der Waals surface area contributed by atoms with Gasteiger partial charge in [-0.2, -0.15) is 0 Å². The second-order valence-corrected chi connectivity index (χ2v) is 6.33. The molecule has 0 aromatic carbocycles. The molecule has 0 amide bonds. The van der Waals surface area contributed by atoms with Gasteiger partial charge in [0.1, 0.15) is 0 Å². The Labute approximate surface area is 95.0 Å². The van der Waals surface area contributed by atoms with Gasteiger partial charge in [0.2, 0.25) is 0 Å². The summed E-state index contributed by atoms with van der Waals surface area (Å²) in [5, 5.41) is 3.57. The Morgan fingerprint density at radius 1 is 1.20 bits per heavy atom. The van der Waals surface area contributed by atoms with E-state index in [1.54, 1.807) is 0 Å². The van der Waals surface area contributed by atoms with Crippen LogP contribution < -0.4 is 11.1 Å². The molecule has 1 saturated carbocycles. The molecule has 1 atom stereocenters. The minimum Gasteiger partial charge on any atom is -0.330 e. The molecular formula is C13H28N2. The van der Waals surface area contributed by atoms with Gasteiger partial charge in [-0.05, 0) is 48.7 Å². The molecule has 1 aliphatic rings. The van der Waals surface area contributed by atoms with E-state index < -0.39 is 0 Å². The van der Waals surface area contributed by atoms with Crippen LogP contribution in [0.3, 0.4) is 0 Å². The molecule has 1 unspecified atom stereocenters. The van der Waals surface area contributed by atoms with Crippen LogP contribution >= 0.6 is 0 Å². The molecule has 1 fully saturated rings. The fraction of sp³-hybridized carbons (Fsp3) is 1.00. The number of nitrogens with two attached hydrogens (primary N) is 1. The van der Waals surface area contributed by atoms with Crippen LogP contribution in [0.1, 0.15) is 41.0 Å². The Morgan fingerprint density at radius 3 is 2.13 bits per heavy atom. The summed E-state index contributed by atoms with van der Waals surface area (Å²) in [5.74, 6) is 1.48. The number of hydrogen-bond donors (Lipinski definition) is 2. The van der Waals surface area contributed by atoms with Crippen molar-refractivity contribution in [2.24, 2.45) is 28.4 Å². The smallest absolute Gasteiger partial charge is 0.000989 e. The van der Waals surface area contributed by atoms with Crippen LogP contribution in [-0.2, 0) is 0 Å². The van der Waals surface area contributed by atoms with Gasteiger partial charge in [-0.25, -0.2) is 0 Å². The topological polar surface area (TPSA) is 38.0 Å². The molecule has 2 nitrogen and oxygen atoms in total. The fourth-order valence-electron chi connectivity index (χ4n) is 2.56. The average molecular weight is 212 g/mol. The van der Waals surface area contributed by atoms with E-state index in [4.69, 9.17) is 5.73 Å². The predicted molar refractivity (Wildman–Crippen MR) is 66.8 cm³/mol. The standard InChI is InChI=1S/C13H28N2/c1-10(8-14)6-7-15-9-11-12(2,3)13(11,4)5/h10-11,15H,6-9,14H2,1-5H3. The molecule has 0 radical (unpaired) electrons. The van der Waals surface area contributed by atoms with Gasteiger partial charge in [0.15, 0.2) is 0 Å². The highest BCUT2D eigenvalue weighted by Crippen LogP contribution is 2.67. The predicted octanol–water partition coefficient (Wildman–Crippen LogP) is 2.24. The third-order valence-electron chi connectivity index (χ3n) is 4.88. The van der Waals surface area contributed by atoms with Gasteiger partial charge in [0.05, 0.1) is 0 Å². The summed E-state index contributed by atoms with van der Waals surface area (Å²) in [6, 6.07) is 0. The zero-order chi connectivity index (χ0) is 11.7. The fourth-order valence-corrected chi connectivity index (χ4v) is 2.56. The van der Waals surface area contributed by atoms with Gasteiger partial charge in [-0.15, -0.1) is 0 Å². The monoisotopic (exact) mass is 212 g/mol. The molecule has 0 aliphatic heterocycles. The zero-order valence-corrected chi connectivity index (χ0v) is 11.1. The van der Waals surface area contributed by atoms with E-state index in [-0.39, 0.29) is 0 Å². The molecule has 0 spiro atoms. The molecule has 15 heavy (non-hydrogen) atoms. The normalized spacial score (nSPS) is 25.2. The molecule has 0 aromatic heterocycles. The van der Waals surface area contributed by atoms with Crippen LogP contribution in [-0.4, -0.2) is 19.6 Å². The first kappa shape index (κ1) is 13.0. The molecule has 3 N–H and O–H groups in total. The third-order valence-corrected chi connectivity index (χ3v) is 4.88. The van der Waals surface area contributed by atoms with Gasteiger partial charge in [-0.3, -0.25) is 0 Å². The lowest BCUT2D eigenvalue weighted by Crippen LogP contribution is -2.23. The van der Waals surface area contributed by atoms with Crippen LogP contribution in [0.5, 0.6) is 0 Å². The van der Waals surface area contributed by atoms with Crippen molar-refractivity contribution in [2.45, 2.75) is 41.0 Å². The van der Waals surface area contributed by atoms with Crippen molar-refractivity contribution in [2.75, 3.05) is 19.6 Å². The van der Waals surface area contributed by atoms with Crippen molar-refractivity contribution in [3.05, 3.63) is 0 Å². The summed E-state index contributed by atoms with van der Waals surface area (Å²) in [5.41, 5.74) is 6.61. The van der Waals surface area contributed by atoms with Crippen molar-refractivity contribution in [1.82, 2.24) is 5.32 Å². The van der Waals surface area contributed by atoms with E-state index in [9.17, 15) is 0 Å². The lowest BCUT2D eigenvalue weighted by Gasteiger charge is -2.09. The van der Waals surface area contributed by atoms with Gasteiger partial charge >= 0.3 is 0 Å². The summed E-state index contributed by atoms with van der Waals surface area (Å²) in [6.07, 6.45) is 1.20. The van der Waals surface area contributed by atoms with E-state index in [2.05, 4.69) is 39.9 Å². The molecule has 90 valence electrons. The Bertz CT molecular complexity index is 195. The van der Waals surface area contributed by atoms with Crippen molar-refractivity contribution in [3.63, 3.8) is 0 Å². The average Bonchev–Trinajstić information content (AvgIpc) is 2.53. The summed E-state index contributed by atoms with van der Waals surface area (Å²) >= 11 is 0. The third kappa shape index (κ3) is 2.54. The molecule has 0 bridgehead atoms. The van der Waals surface area contributed by atoms with E-state index in [1.165, 1.54) is 6.42 Å². The first-order chi connectivity index (χ1) is 6.84. The Morgan fingerprint density at radius 2 is 1.73 bits per heavy atom. The molecule has 1 aliphatic carbocycles. The summed E-state index contributed by atoms with van der Waals surface area (Å²) in [4.78, 5) is 0. The Balaban J connectivity index is 2.13. The maximum atomic E-state index is 5.58. The minimum absolute atomic E-state index is 0.513. The molecule has 2 heteroatoms. The van der Waals surface area contributed by atoms with Crippen molar-refractivity contribution in [1.29, 1.82) is 0 Å². The maximum Gasteiger partial charge on any atom is -0.000989 e. The highest BCUT2D eigenvalue weighted by molar-refractivity contribution is 5.12. The largest absolute Gasteiger partial charge is 0.330 e. The van der Waals surface area contributed by atoms with Crippen molar-refractivity contribution < 1.29 is 0 Å². The summed E-state index contributed by atoms with van der Waals surface area (Å²) < 4.78 is 0. The number of hydrogen-bond acceptors (Lipinski definition) is 2. The SMILES string of the molecule is CC(CN)CCNCC1C(C)(C)C1(C)C. The zero-order valence-electron chi connectivity index (χ0n) is 11.1. The highest BCUT2D eigenvalue weighted by atomic mass is 14.9. The van der Waals surface area contributed by atoms with Gasteiger partial charge < -0.3 is 11.1 Å². The van der Waals surface area contributed by atoms with E-state index >= 15 is 0 Å². The Hall–Kier alpha value is -0.0800. The maximum absolute atomic E-state index is 5.58. The van der Waals surface area contributed by atoms with Crippen LogP contribution in [0.2, 0.25) is 0 Å². The number of nitrogens with one attached hydrogen (secondary N) is 1. The van der Waals surface area contributed by atoms with Crippen molar-refractivity contribution >= 4 is 0 Å². The summed E-state index contributed by atoms with van der Waals surface area (Å²) in [6.45, 7) is 14.8. The molecule has 1 rings (SSSR count). The van der Waals surface area contributed by atoms with Gasteiger partial charge in [0, 0.05) is 0 Å². The first-order valence-corrected chi connectivity index (χ1v) is 6.24. The Kier molecular flexibility index (Phi) is 3.83. The van der Waals surface area contributed by atoms with Crippen LogP contribution in [0.15, 0.2) is 0 Å². The molecule has 0 heterocycles. The van der Waals surface area contributed by atoms with E-state index in [0.29, 0.717) is 16.7 Å². The van der Waals surface area contributed by atoms with Gasteiger partial charge in [0.25, 0.3) is 0 Å². The molecule has 0 aromatic rings. The second-order valence-electron chi connectivity index (χ2n) is 6.33. The van der Waals surface area contributed by atoms with Crippen LogP contribution in [0.25, 0.3) is 0 Å². The number of rotatable bonds is 6. The van der Waals surface area contributed by atoms with Crippen LogP contribution in [0.4, 0.5) is 0 Å². The van der Waals surface area contributed by atoms with Crippen LogP contribution in [0, 0.1) is 22.7 Å². The minimum atomic E-state index is 0.513. The molecular weight excluding hydrogens is 184 g/mol. The lowest BCUT2D eigenvalue weighted by atomic mass is 10.0. The van der Waals surface area contributed by atoms with E-state index in [1.807, 2.05) is 0 Å². The second kappa shape index (κ2) is 4.42. The van der Waals surface area contributed by atoms with E-state index in [0.717, 1.165) is 25.6 Å². The highest BCUT2D eigenvalue weighted by Gasteiger charge is 2.63. The summed E-state index contributed by atoms with van der Waals surface area (Å²) in [7, 11) is 0. The molecule has 0 saturated heterocycles.